The largest absolute Gasteiger partial charge is 0.296 e. The van der Waals surface area contributed by atoms with Gasteiger partial charge in [0.2, 0.25) is 5.95 Å². The van der Waals surface area contributed by atoms with Gasteiger partial charge >= 0.3 is 0 Å². The van der Waals surface area contributed by atoms with E-state index in [2.05, 4.69) is 14.9 Å². The summed E-state index contributed by atoms with van der Waals surface area (Å²) in [4.78, 5) is 23.4. The first-order valence-electron chi connectivity index (χ1n) is 7.98. The maximum absolute atomic E-state index is 12.7. The van der Waals surface area contributed by atoms with Gasteiger partial charge in [0.1, 0.15) is 0 Å². The van der Waals surface area contributed by atoms with Crippen LogP contribution in [0.4, 0.5) is 0 Å². The van der Waals surface area contributed by atoms with Crippen LogP contribution in [0.3, 0.4) is 0 Å². The number of carbonyl (C=O) groups is 1. The molecular weight excluding hydrogens is 312 g/mol. The van der Waals surface area contributed by atoms with E-state index in [9.17, 15) is 4.79 Å². The molecule has 0 saturated carbocycles. The molecule has 122 valence electrons. The molecular formula is C17H21ClN4O. The van der Waals surface area contributed by atoms with Gasteiger partial charge < -0.3 is 0 Å². The fraction of sp³-hybridized carbons (Fsp3) is 0.471. The summed E-state index contributed by atoms with van der Waals surface area (Å²) in [6.07, 6.45) is 6.78. The van der Waals surface area contributed by atoms with Crippen molar-refractivity contribution in [1.82, 2.24) is 19.4 Å². The first kappa shape index (κ1) is 16.1. The molecule has 2 aromatic rings. The number of aromatic nitrogens is 3. The minimum Gasteiger partial charge on any atom is -0.296 e. The standard InChI is InChI=1S/C17H21ClN4O/c1-12-8-15(16(23)11-21-6-4-3-5-7-21)13(2)22(12)17-19-9-14(18)10-20-17/h8-10H,3-7,11H2,1-2H3. The summed E-state index contributed by atoms with van der Waals surface area (Å²) in [5.74, 6) is 0.710. The van der Waals surface area contributed by atoms with Crippen molar-refractivity contribution in [1.29, 1.82) is 0 Å². The third-order valence-electron chi connectivity index (χ3n) is 4.35. The minimum atomic E-state index is 0.167. The molecule has 0 amide bonds. The highest BCUT2D eigenvalue weighted by Gasteiger charge is 2.20. The predicted molar refractivity (Wildman–Crippen MR) is 90.5 cm³/mol. The molecule has 0 spiro atoms. The molecule has 3 heterocycles. The van der Waals surface area contributed by atoms with E-state index < -0.39 is 0 Å². The van der Waals surface area contributed by atoms with E-state index in [1.807, 2.05) is 24.5 Å². The highest BCUT2D eigenvalue weighted by molar-refractivity contribution is 6.30. The van der Waals surface area contributed by atoms with Crippen LogP contribution in [0.1, 0.15) is 41.0 Å². The van der Waals surface area contributed by atoms with Gasteiger partial charge in [-0.2, -0.15) is 0 Å². The van der Waals surface area contributed by atoms with E-state index in [4.69, 9.17) is 11.6 Å². The van der Waals surface area contributed by atoms with Crippen molar-refractivity contribution in [2.75, 3.05) is 19.6 Å². The Balaban J connectivity index is 1.85. The lowest BCUT2D eigenvalue weighted by Gasteiger charge is -2.25. The van der Waals surface area contributed by atoms with E-state index in [-0.39, 0.29) is 5.78 Å². The number of carbonyl (C=O) groups excluding carboxylic acids is 1. The van der Waals surface area contributed by atoms with Gasteiger partial charge in [0.25, 0.3) is 0 Å². The van der Waals surface area contributed by atoms with Crippen molar-refractivity contribution < 1.29 is 4.79 Å². The lowest BCUT2D eigenvalue weighted by atomic mass is 10.1. The highest BCUT2D eigenvalue weighted by atomic mass is 35.5. The van der Waals surface area contributed by atoms with Gasteiger partial charge in [0, 0.05) is 17.0 Å². The van der Waals surface area contributed by atoms with Crippen LogP contribution in [0.15, 0.2) is 18.5 Å². The third-order valence-corrected chi connectivity index (χ3v) is 4.55. The zero-order chi connectivity index (χ0) is 16.4. The molecule has 1 fully saturated rings. The molecule has 0 unspecified atom stereocenters. The highest BCUT2D eigenvalue weighted by Crippen LogP contribution is 2.20. The van der Waals surface area contributed by atoms with Crippen LogP contribution in [0.25, 0.3) is 5.95 Å². The van der Waals surface area contributed by atoms with E-state index in [0.29, 0.717) is 17.5 Å². The van der Waals surface area contributed by atoms with Gasteiger partial charge in [-0.25, -0.2) is 9.97 Å². The topological polar surface area (TPSA) is 51.0 Å². The molecule has 0 N–H and O–H groups in total. The number of ketones is 1. The summed E-state index contributed by atoms with van der Waals surface area (Å²) in [5, 5.41) is 0.498. The summed E-state index contributed by atoms with van der Waals surface area (Å²) < 4.78 is 1.90. The van der Waals surface area contributed by atoms with E-state index in [0.717, 1.165) is 30.0 Å². The Kier molecular flexibility index (Phi) is 4.78. The summed E-state index contributed by atoms with van der Waals surface area (Å²) in [5.41, 5.74) is 2.59. The average Bonchev–Trinajstić information content (AvgIpc) is 2.84. The molecule has 0 radical (unpaired) electrons. The number of nitrogens with zero attached hydrogens (tertiary/aromatic N) is 4. The number of piperidine rings is 1. The fourth-order valence-electron chi connectivity index (χ4n) is 3.18. The maximum atomic E-state index is 12.7. The summed E-state index contributed by atoms with van der Waals surface area (Å²) in [7, 11) is 0. The molecule has 2 aromatic heterocycles. The summed E-state index contributed by atoms with van der Waals surface area (Å²) >= 11 is 5.85. The Morgan fingerprint density at radius 3 is 2.48 bits per heavy atom. The first-order chi connectivity index (χ1) is 11.1. The first-order valence-corrected chi connectivity index (χ1v) is 8.36. The van der Waals surface area contributed by atoms with Gasteiger partial charge in [-0.15, -0.1) is 0 Å². The smallest absolute Gasteiger partial charge is 0.234 e. The van der Waals surface area contributed by atoms with Crippen LogP contribution < -0.4 is 0 Å². The van der Waals surface area contributed by atoms with Crippen molar-refractivity contribution >= 4 is 17.4 Å². The molecule has 0 atom stereocenters. The SMILES string of the molecule is Cc1cc(C(=O)CN2CCCCC2)c(C)n1-c1ncc(Cl)cn1. The Hall–Kier alpha value is -1.72. The van der Waals surface area contributed by atoms with Crippen molar-refractivity contribution in [3.8, 4) is 5.95 Å². The van der Waals surface area contributed by atoms with Crippen molar-refractivity contribution in [3.05, 3.63) is 40.4 Å². The molecule has 3 rings (SSSR count). The molecule has 23 heavy (non-hydrogen) atoms. The predicted octanol–water partition coefficient (Wildman–Crippen LogP) is 3.21. The lowest BCUT2D eigenvalue weighted by molar-refractivity contribution is 0.0915. The van der Waals surface area contributed by atoms with E-state index >= 15 is 0 Å². The fourth-order valence-corrected chi connectivity index (χ4v) is 3.28. The van der Waals surface area contributed by atoms with E-state index in [1.54, 1.807) is 12.4 Å². The molecule has 1 aliphatic rings. The zero-order valence-electron chi connectivity index (χ0n) is 13.5. The molecule has 1 aliphatic heterocycles. The average molecular weight is 333 g/mol. The van der Waals surface area contributed by atoms with Gasteiger partial charge in [0.05, 0.1) is 24.0 Å². The number of rotatable bonds is 4. The number of aryl methyl sites for hydroxylation is 1. The minimum absolute atomic E-state index is 0.167. The lowest BCUT2D eigenvalue weighted by Crippen LogP contribution is -2.34. The van der Waals surface area contributed by atoms with Crippen LogP contribution in [0, 0.1) is 13.8 Å². The van der Waals surface area contributed by atoms with E-state index in [1.165, 1.54) is 19.3 Å². The molecule has 0 aliphatic carbocycles. The van der Waals surface area contributed by atoms with Crippen LogP contribution >= 0.6 is 11.6 Å². The number of halogens is 1. The molecule has 0 aromatic carbocycles. The van der Waals surface area contributed by atoms with Crippen molar-refractivity contribution in [3.63, 3.8) is 0 Å². The Labute approximate surface area is 141 Å². The van der Waals surface area contributed by atoms with Crippen molar-refractivity contribution in [2.24, 2.45) is 0 Å². The van der Waals surface area contributed by atoms with Gasteiger partial charge in [-0.05, 0) is 45.8 Å². The third kappa shape index (κ3) is 3.46. The maximum Gasteiger partial charge on any atom is 0.234 e. The molecule has 5 nitrogen and oxygen atoms in total. The number of likely N-dealkylation sites (tertiary alicyclic amines) is 1. The Morgan fingerprint density at radius 2 is 1.83 bits per heavy atom. The van der Waals surface area contributed by atoms with Crippen LogP contribution in [0.2, 0.25) is 5.02 Å². The number of hydrogen-bond acceptors (Lipinski definition) is 4. The number of hydrogen-bond donors (Lipinski definition) is 0. The quantitative estimate of drug-likeness (QED) is 0.807. The second-order valence-corrected chi connectivity index (χ2v) is 6.52. The molecule has 1 saturated heterocycles. The summed E-state index contributed by atoms with van der Waals surface area (Å²) in [6, 6.07) is 1.93. The Morgan fingerprint density at radius 1 is 1.17 bits per heavy atom. The van der Waals surface area contributed by atoms with Gasteiger partial charge in [-0.1, -0.05) is 18.0 Å². The van der Waals surface area contributed by atoms with Gasteiger partial charge in [0.15, 0.2) is 5.78 Å². The number of Topliss-reactive ketones (excluding diaryl/α,β-unsaturated/α-hetero) is 1. The molecule has 6 heteroatoms. The van der Waals surface area contributed by atoms with Crippen molar-refractivity contribution in [2.45, 2.75) is 33.1 Å². The van der Waals surface area contributed by atoms with Crippen LogP contribution in [0.5, 0.6) is 0 Å². The zero-order valence-corrected chi connectivity index (χ0v) is 14.3. The normalized spacial score (nSPS) is 15.8. The van der Waals surface area contributed by atoms with Gasteiger partial charge in [-0.3, -0.25) is 14.3 Å². The van der Waals surface area contributed by atoms with Crippen LogP contribution in [-0.2, 0) is 0 Å². The monoisotopic (exact) mass is 332 g/mol. The van der Waals surface area contributed by atoms with Crippen LogP contribution in [-0.4, -0.2) is 44.9 Å². The molecule has 0 bridgehead atoms. The Bertz CT molecular complexity index is 702. The second kappa shape index (κ2) is 6.81. The second-order valence-electron chi connectivity index (χ2n) is 6.08. The summed E-state index contributed by atoms with van der Waals surface area (Å²) in [6.45, 7) is 6.43.